The smallest absolute Gasteiger partial charge is 0.341 e. The Kier molecular flexibility index (Phi) is 5.78. The molecule has 6 nitrogen and oxygen atoms in total. The van der Waals surface area contributed by atoms with Gasteiger partial charge in [-0.3, -0.25) is 4.79 Å². The second-order valence-corrected chi connectivity index (χ2v) is 8.38. The third-order valence-corrected chi connectivity index (χ3v) is 5.94. The monoisotopic (exact) mass is 419 g/mol. The van der Waals surface area contributed by atoms with E-state index in [1.54, 1.807) is 17.8 Å². The maximum absolute atomic E-state index is 12.6. The van der Waals surface area contributed by atoms with E-state index in [9.17, 15) is 22.0 Å². The van der Waals surface area contributed by atoms with Gasteiger partial charge in [0.15, 0.2) is 0 Å². The molecule has 1 amide bonds. The van der Waals surface area contributed by atoms with E-state index in [1.807, 2.05) is 37.3 Å². The summed E-state index contributed by atoms with van der Waals surface area (Å²) in [4.78, 5) is 11.9. The van der Waals surface area contributed by atoms with E-state index in [0.717, 1.165) is 29.1 Å². The molecule has 0 radical (unpaired) electrons. The molecule has 0 spiro atoms. The van der Waals surface area contributed by atoms with Gasteiger partial charge >= 0.3 is 5.76 Å². The number of halogens is 2. The van der Waals surface area contributed by atoms with Gasteiger partial charge in [-0.05, 0) is 50.2 Å². The number of carbonyl (C=O) groups is 1. The molecule has 0 aliphatic heterocycles. The highest BCUT2D eigenvalue weighted by molar-refractivity contribution is 7.91. The lowest BCUT2D eigenvalue weighted by atomic mass is 10.1. The van der Waals surface area contributed by atoms with Crippen molar-refractivity contribution in [1.82, 2.24) is 15.1 Å². The third kappa shape index (κ3) is 4.19. The molecular weight excluding hydrogens is 400 g/mol. The average molecular weight is 419 g/mol. The van der Waals surface area contributed by atoms with Crippen molar-refractivity contribution in [2.45, 2.75) is 30.5 Å². The number of benzene rings is 2. The topological polar surface area (TPSA) is 81.1 Å². The molecule has 1 aromatic heterocycles. The standard InChI is InChI=1S/C20H19F2N3O3S/c1-13(18-12-23-25(14(18)2)16-6-4-3-5-7-16)24-19(26)15-8-10-17(11-9-15)29(27,28)20(21)22/h3-13,20H,1-2H3,(H,24,26). The fourth-order valence-corrected chi connectivity index (χ4v) is 3.65. The first-order chi connectivity index (χ1) is 13.7. The second kappa shape index (κ2) is 8.12. The molecule has 2 aromatic carbocycles. The van der Waals surface area contributed by atoms with Crippen LogP contribution in [0.25, 0.3) is 5.69 Å². The summed E-state index contributed by atoms with van der Waals surface area (Å²) in [6.07, 6.45) is 1.67. The van der Waals surface area contributed by atoms with Gasteiger partial charge < -0.3 is 5.32 Å². The largest absolute Gasteiger partial charge is 0.345 e. The summed E-state index contributed by atoms with van der Waals surface area (Å²) in [5.41, 5.74) is 2.74. The van der Waals surface area contributed by atoms with Gasteiger partial charge in [-0.2, -0.15) is 13.9 Å². The van der Waals surface area contributed by atoms with E-state index in [1.165, 1.54) is 12.1 Å². The van der Waals surface area contributed by atoms with E-state index in [0.29, 0.717) is 0 Å². The molecule has 152 valence electrons. The minimum Gasteiger partial charge on any atom is -0.345 e. The molecule has 1 unspecified atom stereocenters. The third-order valence-electron chi connectivity index (χ3n) is 4.54. The number of amides is 1. The van der Waals surface area contributed by atoms with Gasteiger partial charge in [0.2, 0.25) is 9.84 Å². The van der Waals surface area contributed by atoms with Crippen LogP contribution in [0.5, 0.6) is 0 Å². The van der Waals surface area contributed by atoms with Crippen molar-refractivity contribution in [1.29, 1.82) is 0 Å². The van der Waals surface area contributed by atoms with Crippen LogP contribution in [0.2, 0.25) is 0 Å². The molecule has 3 rings (SSSR count). The number of aromatic nitrogens is 2. The number of para-hydroxylation sites is 1. The van der Waals surface area contributed by atoms with Crippen molar-refractivity contribution in [2.24, 2.45) is 0 Å². The lowest BCUT2D eigenvalue weighted by molar-refractivity contribution is 0.0939. The summed E-state index contributed by atoms with van der Waals surface area (Å²) in [6, 6.07) is 13.6. The number of rotatable bonds is 6. The van der Waals surface area contributed by atoms with Crippen molar-refractivity contribution in [3.05, 3.63) is 77.6 Å². The molecule has 0 saturated carbocycles. The Balaban J connectivity index is 1.75. The lowest BCUT2D eigenvalue weighted by Gasteiger charge is -2.14. The molecule has 3 aromatic rings. The van der Waals surface area contributed by atoms with Crippen molar-refractivity contribution < 1.29 is 22.0 Å². The van der Waals surface area contributed by atoms with Crippen LogP contribution in [0.4, 0.5) is 8.78 Å². The van der Waals surface area contributed by atoms with E-state index in [-0.39, 0.29) is 11.6 Å². The van der Waals surface area contributed by atoms with Crippen molar-refractivity contribution in [2.75, 3.05) is 0 Å². The van der Waals surface area contributed by atoms with E-state index in [2.05, 4.69) is 10.4 Å². The van der Waals surface area contributed by atoms with Crippen molar-refractivity contribution in [3.8, 4) is 5.69 Å². The molecule has 29 heavy (non-hydrogen) atoms. The SMILES string of the molecule is Cc1c(C(C)NC(=O)c2ccc(S(=O)(=O)C(F)F)cc2)cnn1-c1ccccc1. The Morgan fingerprint density at radius 3 is 2.28 bits per heavy atom. The average Bonchev–Trinajstić information content (AvgIpc) is 3.10. The highest BCUT2D eigenvalue weighted by Crippen LogP contribution is 2.22. The summed E-state index contributed by atoms with van der Waals surface area (Å²) in [5, 5.41) is 7.18. The zero-order chi connectivity index (χ0) is 21.2. The van der Waals surface area contributed by atoms with Gasteiger partial charge in [0.1, 0.15) is 0 Å². The van der Waals surface area contributed by atoms with E-state index >= 15 is 0 Å². The summed E-state index contributed by atoms with van der Waals surface area (Å²) in [5.74, 6) is -3.96. The van der Waals surface area contributed by atoms with E-state index < -0.39 is 26.4 Å². The molecule has 9 heteroatoms. The summed E-state index contributed by atoms with van der Waals surface area (Å²) >= 11 is 0. The lowest BCUT2D eigenvalue weighted by Crippen LogP contribution is -2.27. The fraction of sp³-hybridized carbons (Fsp3) is 0.200. The first-order valence-corrected chi connectivity index (χ1v) is 10.3. The normalized spacial score (nSPS) is 12.7. The molecule has 1 N–H and O–H groups in total. The van der Waals surface area contributed by atoms with Crippen LogP contribution < -0.4 is 5.32 Å². The van der Waals surface area contributed by atoms with Gasteiger partial charge in [0.25, 0.3) is 5.91 Å². The quantitative estimate of drug-likeness (QED) is 0.661. The Hall–Kier alpha value is -3.07. The van der Waals surface area contributed by atoms with Gasteiger partial charge in [0, 0.05) is 16.8 Å². The van der Waals surface area contributed by atoms with E-state index in [4.69, 9.17) is 0 Å². The Morgan fingerprint density at radius 2 is 1.69 bits per heavy atom. The minimum atomic E-state index is -4.69. The number of nitrogens with one attached hydrogen (secondary N) is 1. The van der Waals surface area contributed by atoms with Crippen molar-refractivity contribution >= 4 is 15.7 Å². The van der Waals surface area contributed by atoms with Crippen LogP contribution in [0.3, 0.4) is 0 Å². The first-order valence-electron chi connectivity index (χ1n) is 8.74. The zero-order valence-corrected chi connectivity index (χ0v) is 16.5. The first kappa shape index (κ1) is 20.7. The maximum atomic E-state index is 12.6. The molecule has 0 aliphatic carbocycles. The Labute approximate surface area is 167 Å². The van der Waals surface area contributed by atoms with Gasteiger partial charge in [-0.1, -0.05) is 18.2 Å². The molecule has 0 bridgehead atoms. The predicted octanol–water partition coefficient (Wildman–Crippen LogP) is 3.67. The fourth-order valence-electron chi connectivity index (χ4n) is 2.93. The molecule has 0 saturated heterocycles. The number of nitrogens with zero attached hydrogens (tertiary/aromatic N) is 2. The summed E-state index contributed by atoms with van der Waals surface area (Å²) in [6.45, 7) is 3.69. The van der Waals surface area contributed by atoms with Crippen LogP contribution in [0.1, 0.15) is 34.6 Å². The Bertz CT molecular complexity index is 1110. The van der Waals surface area contributed by atoms with Gasteiger partial charge in [-0.25, -0.2) is 13.1 Å². The van der Waals surface area contributed by atoms with Crippen LogP contribution in [0.15, 0.2) is 65.7 Å². The van der Waals surface area contributed by atoms with Crippen LogP contribution >= 0.6 is 0 Å². The van der Waals surface area contributed by atoms with Crippen LogP contribution in [-0.4, -0.2) is 29.9 Å². The maximum Gasteiger partial charge on any atom is 0.341 e. The predicted molar refractivity (Wildman–Crippen MR) is 104 cm³/mol. The highest BCUT2D eigenvalue weighted by atomic mass is 32.2. The molecular formula is C20H19F2N3O3S. The van der Waals surface area contributed by atoms with Gasteiger partial charge in [-0.15, -0.1) is 0 Å². The summed E-state index contributed by atoms with van der Waals surface area (Å²) in [7, 11) is -4.69. The molecule has 1 heterocycles. The Morgan fingerprint density at radius 1 is 1.07 bits per heavy atom. The van der Waals surface area contributed by atoms with Crippen molar-refractivity contribution in [3.63, 3.8) is 0 Å². The number of hydrogen-bond acceptors (Lipinski definition) is 4. The minimum absolute atomic E-state index is 0.165. The summed E-state index contributed by atoms with van der Waals surface area (Å²) < 4.78 is 49.9. The zero-order valence-electron chi connectivity index (χ0n) is 15.7. The van der Waals surface area contributed by atoms with Crippen LogP contribution in [0, 0.1) is 6.92 Å². The van der Waals surface area contributed by atoms with Gasteiger partial charge in [0.05, 0.1) is 22.8 Å². The number of carbonyl (C=O) groups excluding carboxylic acids is 1. The number of alkyl halides is 2. The number of sulfone groups is 1. The van der Waals surface area contributed by atoms with Crippen LogP contribution in [-0.2, 0) is 9.84 Å². The molecule has 0 fully saturated rings. The number of hydrogen-bond donors (Lipinski definition) is 1. The molecule has 1 atom stereocenters. The highest BCUT2D eigenvalue weighted by Gasteiger charge is 2.26. The molecule has 0 aliphatic rings. The second-order valence-electron chi connectivity index (χ2n) is 6.46.